The van der Waals surface area contributed by atoms with Crippen molar-refractivity contribution in [2.45, 2.75) is 20.5 Å². The molecule has 0 saturated heterocycles. The van der Waals surface area contributed by atoms with Crippen LogP contribution >= 0.6 is 15.9 Å². The number of aryl methyl sites for hydroxylation is 2. The second-order valence-electron chi connectivity index (χ2n) is 4.58. The first kappa shape index (κ1) is 14.5. The molecule has 0 spiro atoms. The first-order chi connectivity index (χ1) is 9.51. The van der Waals surface area contributed by atoms with Crippen molar-refractivity contribution >= 4 is 15.9 Å². The van der Waals surface area contributed by atoms with E-state index in [1.807, 2.05) is 32.0 Å². The summed E-state index contributed by atoms with van der Waals surface area (Å²) in [5.41, 5.74) is 2.92. The highest BCUT2D eigenvalue weighted by Crippen LogP contribution is 2.27. The van der Waals surface area contributed by atoms with Gasteiger partial charge in [0, 0.05) is 10.0 Å². The number of rotatable bonds is 3. The molecule has 2 aromatic carbocycles. The third kappa shape index (κ3) is 3.17. The molecule has 0 amide bonds. The summed E-state index contributed by atoms with van der Waals surface area (Å²) in [6.07, 6.45) is 0. The van der Waals surface area contributed by atoms with E-state index in [9.17, 15) is 4.39 Å². The van der Waals surface area contributed by atoms with Crippen LogP contribution in [0.1, 0.15) is 22.3 Å². The third-order valence-electron chi connectivity index (χ3n) is 2.98. The molecule has 0 bridgehead atoms. The Morgan fingerprint density at radius 1 is 1.20 bits per heavy atom. The predicted octanol–water partition coefficient (Wildman–Crippen LogP) is 4.66. The first-order valence-electron chi connectivity index (χ1n) is 6.09. The lowest BCUT2D eigenvalue weighted by Gasteiger charge is -2.11. The molecule has 0 aliphatic heterocycles. The molecular formula is C16H13BrFNO. The summed E-state index contributed by atoms with van der Waals surface area (Å²) < 4.78 is 20.3. The average Bonchev–Trinajstić information content (AvgIpc) is 2.43. The standard InChI is InChI=1S/C16H13BrFNO/c1-10-5-14(6-11(2)16(10)17)20-9-13-7-12(8-19)3-4-15(13)18/h3-7H,9H2,1-2H3. The predicted molar refractivity (Wildman–Crippen MR) is 79.1 cm³/mol. The molecule has 0 radical (unpaired) electrons. The summed E-state index contributed by atoms with van der Waals surface area (Å²) in [5.74, 6) is 0.319. The molecule has 0 aromatic heterocycles. The Kier molecular flexibility index (Phi) is 4.41. The van der Waals surface area contributed by atoms with Gasteiger partial charge in [-0.15, -0.1) is 0 Å². The molecule has 102 valence electrons. The number of ether oxygens (including phenoxy) is 1. The van der Waals surface area contributed by atoms with Gasteiger partial charge in [-0.25, -0.2) is 4.39 Å². The van der Waals surface area contributed by atoms with Gasteiger partial charge < -0.3 is 4.74 Å². The van der Waals surface area contributed by atoms with Crippen LogP contribution in [-0.4, -0.2) is 0 Å². The Bertz CT molecular complexity index is 668. The minimum absolute atomic E-state index is 0.0991. The highest BCUT2D eigenvalue weighted by molar-refractivity contribution is 9.10. The van der Waals surface area contributed by atoms with Crippen LogP contribution in [0.3, 0.4) is 0 Å². The lowest BCUT2D eigenvalue weighted by molar-refractivity contribution is 0.299. The zero-order chi connectivity index (χ0) is 14.7. The monoisotopic (exact) mass is 333 g/mol. The number of benzene rings is 2. The molecule has 0 N–H and O–H groups in total. The van der Waals surface area contributed by atoms with Crippen LogP contribution < -0.4 is 4.74 Å². The van der Waals surface area contributed by atoms with Gasteiger partial charge in [-0.3, -0.25) is 0 Å². The zero-order valence-corrected chi connectivity index (χ0v) is 12.8. The van der Waals surface area contributed by atoms with Crippen molar-refractivity contribution in [1.29, 1.82) is 5.26 Å². The van der Waals surface area contributed by atoms with Crippen molar-refractivity contribution in [2.75, 3.05) is 0 Å². The Balaban J connectivity index is 2.19. The summed E-state index contributed by atoms with van der Waals surface area (Å²) in [7, 11) is 0. The van der Waals surface area contributed by atoms with Gasteiger partial charge in [0.05, 0.1) is 11.6 Å². The van der Waals surface area contributed by atoms with Gasteiger partial charge in [-0.1, -0.05) is 15.9 Å². The summed E-state index contributed by atoms with van der Waals surface area (Å²) in [6, 6.07) is 10.0. The molecule has 0 aliphatic carbocycles. The van der Waals surface area contributed by atoms with Gasteiger partial charge >= 0.3 is 0 Å². The fraction of sp³-hybridized carbons (Fsp3) is 0.188. The normalized spacial score (nSPS) is 10.2. The van der Waals surface area contributed by atoms with E-state index in [-0.39, 0.29) is 12.4 Å². The second-order valence-corrected chi connectivity index (χ2v) is 5.37. The molecule has 20 heavy (non-hydrogen) atoms. The summed E-state index contributed by atoms with van der Waals surface area (Å²) in [4.78, 5) is 0. The Labute approximate surface area is 125 Å². The van der Waals surface area contributed by atoms with Crippen LogP contribution in [0.15, 0.2) is 34.8 Å². The number of halogens is 2. The highest BCUT2D eigenvalue weighted by Gasteiger charge is 2.07. The summed E-state index contributed by atoms with van der Waals surface area (Å²) >= 11 is 3.49. The SMILES string of the molecule is Cc1cc(OCc2cc(C#N)ccc2F)cc(C)c1Br. The molecule has 0 fully saturated rings. The number of hydrogen-bond acceptors (Lipinski definition) is 2. The number of nitriles is 1. The van der Waals surface area contributed by atoms with Crippen molar-refractivity contribution in [3.8, 4) is 11.8 Å². The van der Waals surface area contributed by atoms with Gasteiger partial charge in [-0.2, -0.15) is 5.26 Å². The smallest absolute Gasteiger partial charge is 0.129 e. The van der Waals surface area contributed by atoms with E-state index < -0.39 is 0 Å². The van der Waals surface area contributed by atoms with E-state index in [2.05, 4.69) is 15.9 Å². The Morgan fingerprint density at radius 2 is 1.85 bits per heavy atom. The molecule has 4 heteroatoms. The number of nitrogens with zero attached hydrogens (tertiary/aromatic N) is 1. The molecule has 0 atom stereocenters. The topological polar surface area (TPSA) is 33.0 Å². The fourth-order valence-electron chi connectivity index (χ4n) is 1.91. The summed E-state index contributed by atoms with van der Waals surface area (Å²) in [5, 5.41) is 8.82. The highest BCUT2D eigenvalue weighted by atomic mass is 79.9. The van der Waals surface area contributed by atoms with Crippen molar-refractivity contribution in [2.24, 2.45) is 0 Å². The molecule has 0 saturated carbocycles. The van der Waals surface area contributed by atoms with Crippen LogP contribution in [0.25, 0.3) is 0 Å². The van der Waals surface area contributed by atoms with Crippen LogP contribution in [0.2, 0.25) is 0 Å². The van der Waals surface area contributed by atoms with Gasteiger partial charge in [0.25, 0.3) is 0 Å². The van der Waals surface area contributed by atoms with Gasteiger partial charge in [-0.05, 0) is 55.3 Å². The quantitative estimate of drug-likeness (QED) is 0.818. The number of hydrogen-bond donors (Lipinski definition) is 0. The second kappa shape index (κ2) is 6.06. The third-order valence-corrected chi connectivity index (χ3v) is 4.23. The lowest BCUT2D eigenvalue weighted by Crippen LogP contribution is -2.00. The molecule has 0 heterocycles. The van der Waals surface area contributed by atoms with Crippen molar-refractivity contribution in [1.82, 2.24) is 0 Å². The van der Waals surface area contributed by atoms with Crippen molar-refractivity contribution in [3.63, 3.8) is 0 Å². The minimum Gasteiger partial charge on any atom is -0.489 e. The minimum atomic E-state index is -0.366. The fourth-order valence-corrected chi connectivity index (χ4v) is 2.13. The maximum atomic E-state index is 13.6. The lowest BCUT2D eigenvalue weighted by atomic mass is 10.1. The molecule has 2 nitrogen and oxygen atoms in total. The van der Waals surface area contributed by atoms with E-state index in [0.717, 1.165) is 15.6 Å². The van der Waals surface area contributed by atoms with E-state index >= 15 is 0 Å². The van der Waals surface area contributed by atoms with Crippen LogP contribution in [0.5, 0.6) is 5.75 Å². The summed E-state index contributed by atoms with van der Waals surface area (Å²) in [6.45, 7) is 4.05. The van der Waals surface area contributed by atoms with Crippen molar-refractivity contribution in [3.05, 3.63) is 62.9 Å². The van der Waals surface area contributed by atoms with Gasteiger partial charge in [0.15, 0.2) is 0 Å². The average molecular weight is 334 g/mol. The van der Waals surface area contributed by atoms with Crippen LogP contribution in [0, 0.1) is 31.0 Å². The molecule has 0 unspecified atom stereocenters. The molecular weight excluding hydrogens is 321 g/mol. The van der Waals surface area contributed by atoms with E-state index in [0.29, 0.717) is 16.9 Å². The largest absolute Gasteiger partial charge is 0.489 e. The van der Waals surface area contributed by atoms with Gasteiger partial charge in [0.2, 0.25) is 0 Å². The Hall–Kier alpha value is -1.86. The zero-order valence-electron chi connectivity index (χ0n) is 11.2. The van der Waals surface area contributed by atoms with Crippen LogP contribution in [-0.2, 0) is 6.61 Å². The van der Waals surface area contributed by atoms with Crippen LogP contribution in [0.4, 0.5) is 4.39 Å². The van der Waals surface area contributed by atoms with E-state index in [1.165, 1.54) is 18.2 Å². The van der Waals surface area contributed by atoms with E-state index in [1.54, 1.807) is 0 Å². The maximum Gasteiger partial charge on any atom is 0.129 e. The van der Waals surface area contributed by atoms with E-state index in [4.69, 9.17) is 10.00 Å². The Morgan fingerprint density at radius 3 is 2.45 bits per heavy atom. The first-order valence-corrected chi connectivity index (χ1v) is 6.88. The molecule has 0 aliphatic rings. The molecule has 2 aromatic rings. The van der Waals surface area contributed by atoms with Crippen molar-refractivity contribution < 1.29 is 9.13 Å². The molecule has 2 rings (SSSR count). The maximum absolute atomic E-state index is 13.6. The van der Waals surface area contributed by atoms with Gasteiger partial charge in [0.1, 0.15) is 18.2 Å².